The van der Waals surface area contributed by atoms with Crippen LogP contribution in [0.25, 0.3) is 22.3 Å². The molecule has 0 bridgehead atoms. The van der Waals surface area contributed by atoms with Crippen LogP contribution in [0.3, 0.4) is 0 Å². The molecule has 29 heavy (non-hydrogen) atoms. The van der Waals surface area contributed by atoms with Crippen LogP contribution in [-0.2, 0) is 0 Å². The number of aryl methyl sites for hydroxylation is 1. The van der Waals surface area contributed by atoms with Crippen LogP contribution in [0.15, 0.2) is 82.0 Å². The highest BCUT2D eigenvalue weighted by molar-refractivity contribution is 6.05. The van der Waals surface area contributed by atoms with Gasteiger partial charge in [-0.2, -0.15) is 0 Å². The average Bonchev–Trinajstić information content (AvgIpc) is 2.74. The van der Waals surface area contributed by atoms with Gasteiger partial charge in [-0.05, 0) is 61.0 Å². The van der Waals surface area contributed by atoms with Crippen molar-refractivity contribution in [1.29, 1.82) is 0 Å². The molecule has 0 fully saturated rings. The Morgan fingerprint density at radius 2 is 1.72 bits per heavy atom. The molecule has 0 unspecified atom stereocenters. The molecule has 0 saturated heterocycles. The lowest BCUT2D eigenvalue weighted by atomic mass is 10.1. The highest BCUT2D eigenvalue weighted by Crippen LogP contribution is 2.26. The van der Waals surface area contributed by atoms with Gasteiger partial charge in [0.2, 0.25) is 0 Å². The minimum atomic E-state index is -0.165. The first-order valence-electron chi connectivity index (χ1n) is 9.14. The van der Waals surface area contributed by atoms with Crippen LogP contribution in [-0.4, -0.2) is 13.0 Å². The van der Waals surface area contributed by atoms with E-state index in [0.717, 1.165) is 11.1 Å². The van der Waals surface area contributed by atoms with Gasteiger partial charge < -0.3 is 14.5 Å². The van der Waals surface area contributed by atoms with E-state index in [1.54, 1.807) is 55.6 Å². The van der Waals surface area contributed by atoms with Crippen molar-refractivity contribution < 1.29 is 13.9 Å². The summed E-state index contributed by atoms with van der Waals surface area (Å²) < 4.78 is 11.1. The fourth-order valence-electron chi connectivity index (χ4n) is 3.15. The Morgan fingerprint density at radius 1 is 0.966 bits per heavy atom. The number of ether oxygens (including phenoxy) is 1. The van der Waals surface area contributed by atoms with Crippen LogP contribution in [0.1, 0.15) is 15.9 Å². The number of amides is 1. The van der Waals surface area contributed by atoms with E-state index in [-0.39, 0.29) is 11.3 Å². The molecule has 0 aliphatic heterocycles. The van der Waals surface area contributed by atoms with E-state index in [4.69, 9.17) is 9.15 Å². The van der Waals surface area contributed by atoms with Crippen LogP contribution in [0.2, 0.25) is 0 Å². The Morgan fingerprint density at radius 3 is 2.45 bits per heavy atom. The van der Waals surface area contributed by atoms with Gasteiger partial charge in [0.05, 0.1) is 12.5 Å². The van der Waals surface area contributed by atoms with Crippen LogP contribution in [0, 0.1) is 6.92 Å². The third kappa shape index (κ3) is 3.75. The third-order valence-electron chi connectivity index (χ3n) is 4.75. The molecular formula is C24H19NO4. The summed E-state index contributed by atoms with van der Waals surface area (Å²) in [4.78, 5) is 24.9. The van der Waals surface area contributed by atoms with Crippen LogP contribution < -0.4 is 15.5 Å². The summed E-state index contributed by atoms with van der Waals surface area (Å²) in [6, 6.07) is 21.2. The maximum atomic E-state index is 12.5. The Kier molecular flexibility index (Phi) is 4.87. The van der Waals surface area contributed by atoms with E-state index >= 15 is 0 Å². The molecule has 0 spiro atoms. The van der Waals surface area contributed by atoms with Crippen molar-refractivity contribution in [2.24, 2.45) is 0 Å². The lowest BCUT2D eigenvalue weighted by molar-refractivity contribution is 0.102. The summed E-state index contributed by atoms with van der Waals surface area (Å²) in [7, 11) is 1.55. The SMILES string of the molecule is COc1ccc2oc(-c3ccc(NC(=O)c4ccccc4C)cc3)cc(=O)c2c1. The molecule has 1 N–H and O–H groups in total. The summed E-state index contributed by atoms with van der Waals surface area (Å²) in [6.45, 7) is 1.90. The molecule has 0 aliphatic carbocycles. The number of carbonyl (C=O) groups excluding carboxylic acids is 1. The number of nitrogens with one attached hydrogen (secondary N) is 1. The molecule has 1 heterocycles. The smallest absolute Gasteiger partial charge is 0.255 e. The fraction of sp³-hybridized carbons (Fsp3) is 0.0833. The first-order valence-corrected chi connectivity index (χ1v) is 9.14. The number of carbonyl (C=O) groups is 1. The van der Waals surface area contributed by atoms with Crippen molar-refractivity contribution in [3.63, 3.8) is 0 Å². The van der Waals surface area contributed by atoms with Crippen LogP contribution >= 0.6 is 0 Å². The molecule has 5 heteroatoms. The number of rotatable bonds is 4. The number of anilines is 1. The van der Waals surface area contributed by atoms with Gasteiger partial charge >= 0.3 is 0 Å². The molecule has 0 radical (unpaired) electrons. The largest absolute Gasteiger partial charge is 0.497 e. The second kappa shape index (κ2) is 7.64. The van der Waals surface area contributed by atoms with E-state index in [9.17, 15) is 9.59 Å². The quantitative estimate of drug-likeness (QED) is 0.535. The van der Waals surface area contributed by atoms with Crippen molar-refractivity contribution in [2.75, 3.05) is 12.4 Å². The molecule has 4 aromatic rings. The van der Waals surface area contributed by atoms with Gasteiger partial charge in [-0.1, -0.05) is 18.2 Å². The Labute approximate surface area is 167 Å². The monoisotopic (exact) mass is 385 g/mol. The number of hydrogen-bond donors (Lipinski definition) is 1. The molecule has 5 nitrogen and oxygen atoms in total. The van der Waals surface area contributed by atoms with Crippen molar-refractivity contribution in [1.82, 2.24) is 0 Å². The number of benzene rings is 3. The van der Waals surface area contributed by atoms with Crippen molar-refractivity contribution >= 4 is 22.6 Å². The van der Waals surface area contributed by atoms with Gasteiger partial charge in [0.25, 0.3) is 5.91 Å². The predicted octanol–water partition coefficient (Wildman–Crippen LogP) is 5.03. The first kappa shape index (κ1) is 18.5. The van der Waals surface area contributed by atoms with Gasteiger partial charge in [-0.25, -0.2) is 0 Å². The highest BCUT2D eigenvalue weighted by atomic mass is 16.5. The van der Waals surface area contributed by atoms with Gasteiger partial charge in [0.1, 0.15) is 17.1 Å². The standard InChI is InChI=1S/C24H19NO4/c1-15-5-3-4-6-19(15)24(27)25-17-9-7-16(8-10-17)23-14-21(26)20-13-18(28-2)11-12-22(20)29-23/h3-14H,1-2H3,(H,25,27). The van der Waals surface area contributed by atoms with Crippen LogP contribution in [0.4, 0.5) is 5.69 Å². The summed E-state index contributed by atoms with van der Waals surface area (Å²) in [6.07, 6.45) is 0. The molecule has 0 saturated carbocycles. The molecule has 1 aromatic heterocycles. The maximum Gasteiger partial charge on any atom is 0.255 e. The first-order chi connectivity index (χ1) is 14.0. The molecule has 0 aliphatic rings. The van der Waals surface area contributed by atoms with E-state index < -0.39 is 0 Å². The minimum absolute atomic E-state index is 0.142. The third-order valence-corrected chi connectivity index (χ3v) is 4.75. The topological polar surface area (TPSA) is 68.5 Å². The van der Waals surface area contributed by atoms with Gasteiger partial charge in [0, 0.05) is 22.9 Å². The maximum absolute atomic E-state index is 12.5. The minimum Gasteiger partial charge on any atom is -0.497 e. The molecular weight excluding hydrogens is 366 g/mol. The van der Waals surface area contributed by atoms with Gasteiger partial charge in [-0.3, -0.25) is 9.59 Å². The summed E-state index contributed by atoms with van der Waals surface area (Å²) in [5.74, 6) is 0.901. The van der Waals surface area contributed by atoms with E-state index in [2.05, 4.69) is 5.32 Å². The zero-order valence-corrected chi connectivity index (χ0v) is 16.1. The van der Waals surface area contributed by atoms with E-state index in [1.807, 2.05) is 25.1 Å². The zero-order chi connectivity index (χ0) is 20.4. The second-order valence-corrected chi connectivity index (χ2v) is 6.68. The number of hydrogen-bond acceptors (Lipinski definition) is 4. The second-order valence-electron chi connectivity index (χ2n) is 6.68. The lowest BCUT2D eigenvalue weighted by Crippen LogP contribution is -2.13. The summed E-state index contributed by atoms with van der Waals surface area (Å²) >= 11 is 0. The Bertz CT molecular complexity index is 1260. The molecule has 144 valence electrons. The lowest BCUT2D eigenvalue weighted by Gasteiger charge is -2.09. The van der Waals surface area contributed by atoms with Crippen molar-refractivity contribution in [3.05, 3.63) is 94.1 Å². The van der Waals surface area contributed by atoms with Crippen molar-refractivity contribution in [2.45, 2.75) is 6.92 Å². The molecule has 4 rings (SSSR count). The Balaban J connectivity index is 1.60. The normalized spacial score (nSPS) is 10.7. The Hall–Kier alpha value is -3.86. The summed E-state index contributed by atoms with van der Waals surface area (Å²) in [5, 5.41) is 3.35. The number of fused-ring (bicyclic) bond motifs is 1. The van der Waals surface area contributed by atoms with E-state index in [1.165, 1.54) is 6.07 Å². The highest BCUT2D eigenvalue weighted by Gasteiger charge is 2.10. The summed E-state index contributed by atoms with van der Waals surface area (Å²) in [5.41, 5.74) is 3.30. The zero-order valence-electron chi connectivity index (χ0n) is 16.1. The average molecular weight is 385 g/mol. The van der Waals surface area contributed by atoms with Gasteiger partial charge in [0.15, 0.2) is 5.43 Å². The molecule has 0 atom stereocenters. The van der Waals surface area contributed by atoms with Crippen LogP contribution in [0.5, 0.6) is 5.75 Å². The van der Waals surface area contributed by atoms with E-state index in [0.29, 0.717) is 33.7 Å². The molecule has 3 aromatic carbocycles. The van der Waals surface area contributed by atoms with Crippen molar-refractivity contribution in [3.8, 4) is 17.1 Å². The molecule has 1 amide bonds. The predicted molar refractivity (Wildman–Crippen MR) is 114 cm³/mol. The number of methoxy groups -OCH3 is 1. The fourth-order valence-corrected chi connectivity index (χ4v) is 3.15. The van der Waals surface area contributed by atoms with Gasteiger partial charge in [-0.15, -0.1) is 0 Å².